The zero-order valence-corrected chi connectivity index (χ0v) is 9.07. The van der Waals surface area contributed by atoms with Crippen LogP contribution in [0.15, 0.2) is 28.7 Å². The Labute approximate surface area is 88.7 Å². The molecule has 0 saturated carbocycles. The zero-order valence-electron chi connectivity index (χ0n) is 9.07. The minimum atomic E-state index is 0.660. The van der Waals surface area contributed by atoms with Crippen molar-refractivity contribution in [3.63, 3.8) is 0 Å². The number of aryl methyl sites for hydroxylation is 2. The summed E-state index contributed by atoms with van der Waals surface area (Å²) < 4.78 is 10.6. The monoisotopic (exact) mass is 203 g/mol. The Bertz CT molecular complexity index is 437. The van der Waals surface area contributed by atoms with Gasteiger partial charge in [0.25, 0.3) is 0 Å². The molecule has 0 N–H and O–H groups in total. The van der Waals surface area contributed by atoms with E-state index < -0.39 is 0 Å². The van der Waals surface area contributed by atoms with E-state index in [4.69, 9.17) is 9.15 Å². The van der Waals surface area contributed by atoms with Gasteiger partial charge in [0.15, 0.2) is 0 Å². The van der Waals surface area contributed by atoms with Crippen LogP contribution in [-0.2, 0) is 0 Å². The first-order valence-corrected chi connectivity index (χ1v) is 4.79. The maximum Gasteiger partial charge on any atom is 0.226 e. The summed E-state index contributed by atoms with van der Waals surface area (Å²) in [5, 5.41) is 0. The number of methoxy groups -OCH3 is 1. The van der Waals surface area contributed by atoms with E-state index >= 15 is 0 Å². The lowest BCUT2D eigenvalue weighted by molar-refractivity contribution is 0.415. The number of oxazole rings is 1. The summed E-state index contributed by atoms with van der Waals surface area (Å²) >= 11 is 0. The number of aromatic nitrogens is 1. The fourth-order valence-electron chi connectivity index (χ4n) is 1.33. The lowest BCUT2D eigenvalue weighted by Gasteiger charge is -1.99. The summed E-state index contributed by atoms with van der Waals surface area (Å²) in [5.41, 5.74) is 1.90. The molecule has 1 aromatic carbocycles. The lowest BCUT2D eigenvalue weighted by Crippen LogP contribution is -1.82. The van der Waals surface area contributed by atoms with Gasteiger partial charge in [-0.3, -0.25) is 0 Å². The molecule has 0 aliphatic heterocycles. The fraction of sp³-hybridized carbons (Fsp3) is 0.250. The molecular formula is C12H13NO2. The highest BCUT2D eigenvalue weighted by Gasteiger charge is 2.07. The predicted molar refractivity (Wildman–Crippen MR) is 58.0 cm³/mol. The highest BCUT2D eigenvalue weighted by Crippen LogP contribution is 2.23. The van der Waals surface area contributed by atoms with Crippen molar-refractivity contribution in [3.05, 3.63) is 35.7 Å². The Balaban J connectivity index is 2.37. The summed E-state index contributed by atoms with van der Waals surface area (Å²) in [6, 6.07) is 7.65. The van der Waals surface area contributed by atoms with Gasteiger partial charge in [-0.25, -0.2) is 4.98 Å². The van der Waals surface area contributed by atoms with Crippen LogP contribution in [0.4, 0.5) is 0 Å². The van der Waals surface area contributed by atoms with Crippen molar-refractivity contribution in [2.24, 2.45) is 0 Å². The van der Waals surface area contributed by atoms with Gasteiger partial charge in [-0.05, 0) is 38.1 Å². The molecule has 0 amide bonds. The molecule has 0 saturated heterocycles. The van der Waals surface area contributed by atoms with Crippen molar-refractivity contribution in [1.29, 1.82) is 0 Å². The van der Waals surface area contributed by atoms with E-state index in [1.54, 1.807) is 7.11 Å². The number of benzene rings is 1. The van der Waals surface area contributed by atoms with Crippen LogP contribution in [0.25, 0.3) is 11.5 Å². The van der Waals surface area contributed by atoms with Gasteiger partial charge in [-0.2, -0.15) is 0 Å². The van der Waals surface area contributed by atoms with Crippen molar-refractivity contribution in [3.8, 4) is 17.2 Å². The molecule has 1 aromatic heterocycles. The largest absolute Gasteiger partial charge is 0.497 e. The zero-order chi connectivity index (χ0) is 10.8. The molecule has 2 aromatic rings. The standard InChI is InChI=1S/C12H13NO2/c1-8-9(2)15-12(13-8)10-4-6-11(14-3)7-5-10/h4-7H,1-3H3. The van der Waals surface area contributed by atoms with Crippen LogP contribution in [0, 0.1) is 13.8 Å². The van der Waals surface area contributed by atoms with Gasteiger partial charge in [-0.1, -0.05) is 0 Å². The lowest BCUT2D eigenvalue weighted by atomic mass is 10.2. The Hall–Kier alpha value is -1.77. The molecule has 3 nitrogen and oxygen atoms in total. The Morgan fingerprint density at radius 2 is 1.80 bits per heavy atom. The third kappa shape index (κ3) is 1.86. The summed E-state index contributed by atoms with van der Waals surface area (Å²) in [7, 11) is 1.65. The van der Waals surface area contributed by atoms with Crippen LogP contribution < -0.4 is 4.74 Å². The average molecular weight is 203 g/mol. The Kier molecular flexibility index (Phi) is 2.46. The van der Waals surface area contributed by atoms with E-state index in [9.17, 15) is 0 Å². The fourth-order valence-corrected chi connectivity index (χ4v) is 1.33. The van der Waals surface area contributed by atoms with Crippen LogP contribution in [-0.4, -0.2) is 12.1 Å². The molecule has 0 atom stereocenters. The number of rotatable bonds is 2. The molecule has 15 heavy (non-hydrogen) atoms. The molecule has 0 fully saturated rings. The van der Waals surface area contributed by atoms with E-state index in [2.05, 4.69) is 4.98 Å². The van der Waals surface area contributed by atoms with Crippen LogP contribution in [0.1, 0.15) is 11.5 Å². The van der Waals surface area contributed by atoms with E-state index in [0.29, 0.717) is 5.89 Å². The van der Waals surface area contributed by atoms with Gasteiger partial charge in [-0.15, -0.1) is 0 Å². The predicted octanol–water partition coefficient (Wildman–Crippen LogP) is 2.97. The SMILES string of the molecule is COc1ccc(-c2nc(C)c(C)o2)cc1. The molecule has 0 unspecified atom stereocenters. The van der Waals surface area contributed by atoms with Gasteiger partial charge in [0.05, 0.1) is 12.8 Å². The van der Waals surface area contributed by atoms with Crippen molar-refractivity contribution < 1.29 is 9.15 Å². The molecule has 0 spiro atoms. The maximum absolute atomic E-state index is 5.52. The third-order valence-corrected chi connectivity index (χ3v) is 2.37. The summed E-state index contributed by atoms with van der Waals surface area (Å²) in [6.07, 6.45) is 0. The van der Waals surface area contributed by atoms with Gasteiger partial charge < -0.3 is 9.15 Å². The van der Waals surface area contributed by atoms with Gasteiger partial charge >= 0.3 is 0 Å². The second-order valence-corrected chi connectivity index (χ2v) is 3.39. The van der Waals surface area contributed by atoms with Crippen molar-refractivity contribution in [1.82, 2.24) is 4.98 Å². The highest BCUT2D eigenvalue weighted by atomic mass is 16.5. The van der Waals surface area contributed by atoms with Crippen molar-refractivity contribution in [2.45, 2.75) is 13.8 Å². The molecular weight excluding hydrogens is 190 g/mol. The first-order valence-electron chi connectivity index (χ1n) is 4.79. The topological polar surface area (TPSA) is 35.3 Å². The number of nitrogens with zero attached hydrogens (tertiary/aromatic N) is 1. The summed E-state index contributed by atoms with van der Waals surface area (Å²) in [5.74, 6) is 2.35. The van der Waals surface area contributed by atoms with Crippen LogP contribution in [0.2, 0.25) is 0 Å². The van der Waals surface area contributed by atoms with Crippen molar-refractivity contribution in [2.75, 3.05) is 7.11 Å². The van der Waals surface area contributed by atoms with E-state index in [0.717, 1.165) is 22.8 Å². The van der Waals surface area contributed by atoms with E-state index in [1.807, 2.05) is 38.1 Å². The number of ether oxygens (including phenoxy) is 1. The minimum absolute atomic E-state index is 0.660. The van der Waals surface area contributed by atoms with E-state index in [-0.39, 0.29) is 0 Å². The molecule has 78 valence electrons. The molecule has 0 radical (unpaired) electrons. The molecule has 0 aliphatic rings. The molecule has 0 aliphatic carbocycles. The quantitative estimate of drug-likeness (QED) is 0.752. The van der Waals surface area contributed by atoms with Gasteiger partial charge in [0, 0.05) is 5.56 Å². The molecule has 2 rings (SSSR count). The van der Waals surface area contributed by atoms with E-state index in [1.165, 1.54) is 0 Å². The first-order chi connectivity index (χ1) is 7.20. The number of hydrogen-bond donors (Lipinski definition) is 0. The van der Waals surface area contributed by atoms with Gasteiger partial charge in [0.1, 0.15) is 11.5 Å². The van der Waals surface area contributed by atoms with Crippen LogP contribution >= 0.6 is 0 Å². The highest BCUT2D eigenvalue weighted by molar-refractivity contribution is 5.55. The summed E-state index contributed by atoms with van der Waals surface area (Å²) in [4.78, 5) is 4.33. The maximum atomic E-state index is 5.52. The van der Waals surface area contributed by atoms with Gasteiger partial charge in [0.2, 0.25) is 5.89 Å². The molecule has 0 bridgehead atoms. The van der Waals surface area contributed by atoms with Crippen molar-refractivity contribution >= 4 is 0 Å². The van der Waals surface area contributed by atoms with Crippen LogP contribution in [0.5, 0.6) is 5.75 Å². The second-order valence-electron chi connectivity index (χ2n) is 3.39. The minimum Gasteiger partial charge on any atom is -0.497 e. The normalized spacial score (nSPS) is 10.3. The first kappa shape index (κ1) is 9.77. The van der Waals surface area contributed by atoms with Crippen LogP contribution in [0.3, 0.4) is 0 Å². The third-order valence-electron chi connectivity index (χ3n) is 2.37. The Morgan fingerprint density at radius 1 is 1.13 bits per heavy atom. The second kappa shape index (κ2) is 3.77. The molecule has 1 heterocycles. The Morgan fingerprint density at radius 3 is 2.27 bits per heavy atom. The molecule has 3 heteroatoms. The number of hydrogen-bond acceptors (Lipinski definition) is 3. The summed E-state index contributed by atoms with van der Waals surface area (Å²) in [6.45, 7) is 3.85. The average Bonchev–Trinajstić information content (AvgIpc) is 2.59. The smallest absolute Gasteiger partial charge is 0.226 e.